The molecule has 2 aromatic rings. The Kier molecular flexibility index (Phi) is 13.9. The van der Waals surface area contributed by atoms with Gasteiger partial charge in [-0.15, -0.1) is 12.4 Å². The fourth-order valence-electron chi connectivity index (χ4n) is 1.25. The lowest BCUT2D eigenvalue weighted by Crippen LogP contribution is -2.41. The Morgan fingerprint density at radius 1 is 0.889 bits per heavy atom. The van der Waals surface area contributed by atoms with E-state index in [9.17, 15) is 18.4 Å². The Morgan fingerprint density at radius 3 is 1.52 bits per heavy atom. The van der Waals surface area contributed by atoms with E-state index in [-0.39, 0.29) is 17.9 Å². The van der Waals surface area contributed by atoms with E-state index >= 15 is 0 Å². The van der Waals surface area contributed by atoms with E-state index in [1.807, 2.05) is 26.8 Å². The van der Waals surface area contributed by atoms with Crippen molar-refractivity contribution < 1.29 is 18.4 Å². The molecule has 0 unspecified atom stereocenters. The number of carbonyl (C=O) groups excluding carboxylic acids is 2. The molecule has 0 amide bonds. The summed E-state index contributed by atoms with van der Waals surface area (Å²) < 4.78 is 25.1. The first-order chi connectivity index (χ1) is 12.0. The van der Waals surface area contributed by atoms with Crippen LogP contribution in [-0.2, 0) is 0 Å². The summed E-state index contributed by atoms with van der Waals surface area (Å²) in [5.41, 5.74) is 2.51. The molecule has 2 rings (SSSR count). The van der Waals surface area contributed by atoms with Crippen molar-refractivity contribution in [3.8, 4) is 0 Å². The zero-order chi connectivity index (χ0) is 20.3. The van der Waals surface area contributed by atoms with Crippen LogP contribution in [0.1, 0.15) is 41.5 Å². The molecule has 0 aliphatic rings. The summed E-state index contributed by atoms with van der Waals surface area (Å²) in [4.78, 5) is 20.8. The van der Waals surface area contributed by atoms with Gasteiger partial charge < -0.3 is 0 Å². The number of hydrogen-bond donors (Lipinski definition) is 2. The number of nitrogens with one attached hydrogen (secondary N) is 1. The maximum Gasteiger partial charge on any atom is 0.258 e. The smallest absolute Gasteiger partial charge is 0.258 e. The fraction of sp³-hybridized carbons (Fsp3) is 0.222. The summed E-state index contributed by atoms with van der Waals surface area (Å²) in [6, 6.07) is 11.8. The van der Waals surface area contributed by atoms with Crippen LogP contribution in [-0.4, -0.2) is 16.0 Å². The topological polar surface area (TPSA) is 72.2 Å². The van der Waals surface area contributed by atoms with E-state index < -0.39 is 27.7 Å². The quantitative estimate of drug-likeness (QED) is 0.387. The van der Waals surface area contributed by atoms with E-state index in [1.165, 1.54) is 0 Å². The molecule has 9 heteroatoms. The summed E-state index contributed by atoms with van der Waals surface area (Å²) in [7, 11) is 0. The Morgan fingerprint density at radius 2 is 1.30 bits per heavy atom. The van der Waals surface area contributed by atoms with Crippen molar-refractivity contribution in [1.82, 2.24) is 5.43 Å². The SMILES string of the molecule is CC(C)(C)NN.Cl.O=C(Cl)c1c(F)cccc1F.O=C(Cl)c1ccccc1. The van der Waals surface area contributed by atoms with Crippen LogP contribution in [0.15, 0.2) is 48.5 Å². The minimum Gasteiger partial charge on any atom is -0.276 e. The number of benzene rings is 2. The van der Waals surface area contributed by atoms with E-state index in [1.54, 1.807) is 24.3 Å². The van der Waals surface area contributed by atoms with E-state index in [0.717, 1.165) is 18.2 Å². The monoisotopic (exact) mass is 440 g/mol. The molecule has 0 aliphatic heterocycles. The van der Waals surface area contributed by atoms with Crippen LogP contribution in [0.2, 0.25) is 0 Å². The molecule has 0 bridgehead atoms. The van der Waals surface area contributed by atoms with Gasteiger partial charge in [-0.3, -0.25) is 20.9 Å². The van der Waals surface area contributed by atoms with Gasteiger partial charge in [-0.2, -0.15) is 0 Å². The fourth-order valence-corrected chi connectivity index (χ4v) is 1.56. The molecule has 0 saturated carbocycles. The molecule has 0 aliphatic carbocycles. The standard InChI is InChI=1S/C7H3ClF2O.C7H5ClO.C4H12N2.ClH/c8-7(11)6-4(9)2-1-3-5(6)10;8-7(9)6-4-2-1-3-5-6;1-4(2,3)6-5;/h1-3H;1-5H;6H,5H2,1-3H3;1H. The molecule has 27 heavy (non-hydrogen) atoms. The normalized spacial score (nSPS) is 9.63. The first kappa shape index (κ1) is 27.6. The Hall–Kier alpha value is -1.57. The third-order valence-electron chi connectivity index (χ3n) is 2.59. The number of nitrogens with two attached hydrogens (primary N) is 1. The number of carbonyl (C=O) groups is 2. The van der Waals surface area contributed by atoms with Crippen molar-refractivity contribution in [1.29, 1.82) is 0 Å². The van der Waals surface area contributed by atoms with Gasteiger partial charge >= 0.3 is 0 Å². The summed E-state index contributed by atoms with van der Waals surface area (Å²) in [5, 5.41) is -1.53. The van der Waals surface area contributed by atoms with E-state index in [2.05, 4.69) is 5.43 Å². The van der Waals surface area contributed by atoms with Gasteiger partial charge in [0.2, 0.25) is 0 Å². The van der Waals surface area contributed by atoms with Crippen LogP contribution in [0.3, 0.4) is 0 Å². The second-order valence-corrected chi connectivity index (χ2v) is 6.59. The van der Waals surface area contributed by atoms with Crippen LogP contribution in [0.25, 0.3) is 0 Å². The Bertz CT molecular complexity index is 704. The van der Waals surface area contributed by atoms with Gasteiger partial charge in [0.25, 0.3) is 10.5 Å². The maximum atomic E-state index is 12.6. The van der Waals surface area contributed by atoms with Crippen molar-refractivity contribution >= 4 is 46.1 Å². The molecule has 3 N–H and O–H groups in total. The average molecular weight is 442 g/mol. The molecule has 0 aromatic heterocycles. The first-order valence-electron chi connectivity index (χ1n) is 7.36. The lowest BCUT2D eigenvalue weighted by molar-refractivity contribution is 0.106. The molecule has 0 atom stereocenters. The molecule has 2 aromatic carbocycles. The van der Waals surface area contributed by atoms with Gasteiger partial charge in [0.15, 0.2) is 0 Å². The summed E-state index contributed by atoms with van der Waals surface area (Å²) in [5.74, 6) is 3.18. The molecule has 0 saturated heterocycles. The third-order valence-corrected chi connectivity index (χ3v) is 3.00. The number of rotatable bonds is 2. The highest BCUT2D eigenvalue weighted by atomic mass is 35.5. The van der Waals surface area contributed by atoms with Gasteiger partial charge in [0.05, 0.1) is 0 Å². The molecule has 0 radical (unpaired) electrons. The van der Waals surface area contributed by atoms with Crippen molar-refractivity contribution in [2.75, 3.05) is 0 Å². The van der Waals surface area contributed by atoms with Crippen LogP contribution < -0.4 is 11.3 Å². The summed E-state index contributed by atoms with van der Waals surface area (Å²) in [6.07, 6.45) is 0. The third kappa shape index (κ3) is 12.4. The molecule has 150 valence electrons. The molecule has 0 spiro atoms. The molecule has 0 heterocycles. The van der Waals surface area contributed by atoms with Crippen LogP contribution in [0.5, 0.6) is 0 Å². The first-order valence-corrected chi connectivity index (χ1v) is 8.11. The highest BCUT2D eigenvalue weighted by molar-refractivity contribution is 6.68. The minimum atomic E-state index is -1.12. The Balaban J connectivity index is 0. The largest absolute Gasteiger partial charge is 0.276 e. The van der Waals surface area contributed by atoms with E-state index in [4.69, 9.17) is 29.0 Å². The zero-order valence-electron chi connectivity index (χ0n) is 14.9. The summed E-state index contributed by atoms with van der Waals surface area (Å²) in [6.45, 7) is 6.02. The van der Waals surface area contributed by atoms with Crippen LogP contribution in [0.4, 0.5) is 8.78 Å². The van der Waals surface area contributed by atoms with E-state index in [0.29, 0.717) is 5.56 Å². The number of hydrogen-bond acceptors (Lipinski definition) is 4. The number of hydrazine groups is 1. The number of halogens is 5. The molecule has 0 fully saturated rings. The van der Waals surface area contributed by atoms with Crippen molar-refractivity contribution in [2.45, 2.75) is 26.3 Å². The summed E-state index contributed by atoms with van der Waals surface area (Å²) >= 11 is 10.1. The predicted octanol–water partition coefficient (Wildman–Crippen LogP) is 5.08. The van der Waals surface area contributed by atoms with Crippen molar-refractivity contribution in [2.24, 2.45) is 5.84 Å². The second-order valence-electron chi connectivity index (χ2n) is 5.90. The Labute approximate surface area is 173 Å². The average Bonchev–Trinajstić information content (AvgIpc) is 2.55. The molecule has 4 nitrogen and oxygen atoms in total. The van der Waals surface area contributed by atoms with Crippen LogP contribution >= 0.6 is 35.6 Å². The zero-order valence-corrected chi connectivity index (χ0v) is 17.3. The molecular formula is C18H21Cl3F2N2O2. The van der Waals surface area contributed by atoms with Crippen LogP contribution in [0, 0.1) is 11.6 Å². The minimum absolute atomic E-state index is 0. The van der Waals surface area contributed by atoms with Gasteiger partial charge in [0.1, 0.15) is 17.2 Å². The van der Waals surface area contributed by atoms with Crippen molar-refractivity contribution in [3.63, 3.8) is 0 Å². The van der Waals surface area contributed by atoms with Gasteiger partial charge in [-0.05, 0) is 56.1 Å². The van der Waals surface area contributed by atoms with Gasteiger partial charge in [-0.1, -0.05) is 36.4 Å². The second kappa shape index (κ2) is 13.6. The highest BCUT2D eigenvalue weighted by Gasteiger charge is 2.13. The lowest BCUT2D eigenvalue weighted by Gasteiger charge is -2.14. The lowest BCUT2D eigenvalue weighted by atomic mass is 10.1. The maximum absolute atomic E-state index is 12.6. The highest BCUT2D eigenvalue weighted by Crippen LogP contribution is 2.13. The predicted molar refractivity (Wildman–Crippen MR) is 107 cm³/mol. The molecular weight excluding hydrogens is 421 g/mol. The van der Waals surface area contributed by atoms with Crippen molar-refractivity contribution in [3.05, 3.63) is 71.3 Å². The van der Waals surface area contributed by atoms with Gasteiger partial charge in [0, 0.05) is 11.1 Å². The van der Waals surface area contributed by atoms with Gasteiger partial charge in [-0.25, -0.2) is 8.78 Å².